The van der Waals surface area contributed by atoms with Crippen molar-refractivity contribution in [2.24, 2.45) is 5.73 Å². The van der Waals surface area contributed by atoms with Crippen LogP contribution in [0.4, 0.5) is 0 Å². The molecule has 2 N–H and O–H groups in total. The third-order valence-electron chi connectivity index (χ3n) is 1.71. The van der Waals surface area contributed by atoms with Crippen molar-refractivity contribution in [2.45, 2.75) is 19.9 Å². The Kier molecular flexibility index (Phi) is 5.51. The van der Waals surface area contributed by atoms with Gasteiger partial charge in [-0.25, -0.2) is 0 Å². The smallest absolute Gasteiger partial charge is 0.124 e. The molecular formula is C10H16ClNO. The lowest BCUT2D eigenvalue weighted by Crippen LogP contribution is -2.07. The average Bonchev–Trinajstić information content (AvgIpc) is 2.05. The summed E-state index contributed by atoms with van der Waals surface area (Å²) in [5.41, 5.74) is 6.83. The van der Waals surface area contributed by atoms with Gasteiger partial charge in [-0.15, -0.1) is 12.4 Å². The minimum Gasteiger partial charge on any atom is -0.494 e. The van der Waals surface area contributed by atoms with Gasteiger partial charge in [0.2, 0.25) is 0 Å². The predicted molar refractivity (Wildman–Crippen MR) is 57.5 cm³/mol. The van der Waals surface area contributed by atoms with Gasteiger partial charge in [0.25, 0.3) is 0 Å². The van der Waals surface area contributed by atoms with Gasteiger partial charge in [0.05, 0.1) is 6.61 Å². The molecule has 1 rings (SSSR count). The monoisotopic (exact) mass is 201 g/mol. The summed E-state index contributed by atoms with van der Waals surface area (Å²) in [6, 6.07) is 7.91. The normalized spacial score (nSPS) is 11.6. The third kappa shape index (κ3) is 3.25. The highest BCUT2D eigenvalue weighted by atomic mass is 35.5. The molecule has 0 bridgehead atoms. The summed E-state index contributed by atoms with van der Waals surface area (Å²) in [6.45, 7) is 4.61. The molecule has 0 unspecified atom stereocenters. The van der Waals surface area contributed by atoms with E-state index in [4.69, 9.17) is 10.5 Å². The summed E-state index contributed by atoms with van der Waals surface area (Å²) in [5, 5.41) is 0. The number of hydrogen-bond acceptors (Lipinski definition) is 2. The number of ether oxygens (including phenoxy) is 1. The maximum Gasteiger partial charge on any atom is 0.124 e. The Bertz CT molecular complexity index is 250. The molecule has 0 aliphatic carbocycles. The molecule has 1 atom stereocenters. The molecule has 0 heterocycles. The first-order valence-corrected chi connectivity index (χ1v) is 4.23. The second-order valence-electron chi connectivity index (χ2n) is 2.76. The van der Waals surface area contributed by atoms with E-state index in [-0.39, 0.29) is 18.4 Å². The fourth-order valence-electron chi connectivity index (χ4n) is 1.14. The van der Waals surface area contributed by atoms with E-state index in [1.54, 1.807) is 0 Å². The molecule has 1 aromatic carbocycles. The van der Waals surface area contributed by atoms with Crippen LogP contribution < -0.4 is 10.5 Å². The van der Waals surface area contributed by atoms with Crippen LogP contribution in [-0.4, -0.2) is 6.61 Å². The average molecular weight is 202 g/mol. The molecule has 0 aliphatic rings. The minimum absolute atomic E-state index is 0. The first-order chi connectivity index (χ1) is 5.75. The van der Waals surface area contributed by atoms with Gasteiger partial charge in [0.1, 0.15) is 5.75 Å². The minimum atomic E-state index is 0. The number of nitrogens with two attached hydrogens (primary N) is 1. The lowest BCUT2D eigenvalue weighted by Gasteiger charge is -2.11. The highest BCUT2D eigenvalue weighted by Crippen LogP contribution is 2.22. The first kappa shape index (κ1) is 12.3. The number of rotatable bonds is 3. The summed E-state index contributed by atoms with van der Waals surface area (Å²) >= 11 is 0. The molecule has 0 aromatic heterocycles. The van der Waals surface area contributed by atoms with Crippen LogP contribution in [0.2, 0.25) is 0 Å². The summed E-state index contributed by atoms with van der Waals surface area (Å²) in [4.78, 5) is 0. The van der Waals surface area contributed by atoms with Crippen LogP contribution in [0.5, 0.6) is 5.75 Å². The van der Waals surface area contributed by atoms with Crippen molar-refractivity contribution in [1.29, 1.82) is 0 Å². The second kappa shape index (κ2) is 5.84. The maximum atomic E-state index is 5.76. The van der Waals surface area contributed by atoms with Crippen molar-refractivity contribution in [3.05, 3.63) is 29.8 Å². The molecule has 0 radical (unpaired) electrons. The maximum absolute atomic E-state index is 5.76. The van der Waals surface area contributed by atoms with Gasteiger partial charge in [-0.1, -0.05) is 18.2 Å². The quantitative estimate of drug-likeness (QED) is 0.816. The van der Waals surface area contributed by atoms with E-state index >= 15 is 0 Å². The zero-order chi connectivity index (χ0) is 8.97. The zero-order valence-electron chi connectivity index (χ0n) is 7.99. The highest BCUT2D eigenvalue weighted by Gasteiger charge is 2.05. The Morgan fingerprint density at radius 1 is 1.38 bits per heavy atom. The van der Waals surface area contributed by atoms with Crippen LogP contribution in [0, 0.1) is 0 Å². The van der Waals surface area contributed by atoms with Gasteiger partial charge in [0, 0.05) is 11.6 Å². The molecule has 2 nitrogen and oxygen atoms in total. The topological polar surface area (TPSA) is 35.2 Å². The Labute approximate surface area is 85.5 Å². The van der Waals surface area contributed by atoms with Crippen molar-refractivity contribution in [3.63, 3.8) is 0 Å². The van der Waals surface area contributed by atoms with E-state index < -0.39 is 0 Å². The fraction of sp³-hybridized carbons (Fsp3) is 0.400. The number of para-hydroxylation sites is 1. The number of hydrogen-bond donors (Lipinski definition) is 1. The van der Waals surface area contributed by atoms with Crippen molar-refractivity contribution >= 4 is 12.4 Å². The molecule has 0 aliphatic heterocycles. The Balaban J connectivity index is 0.00000144. The van der Waals surface area contributed by atoms with Gasteiger partial charge < -0.3 is 10.5 Å². The van der Waals surface area contributed by atoms with Crippen LogP contribution in [0.25, 0.3) is 0 Å². The molecule has 13 heavy (non-hydrogen) atoms. The SMILES string of the molecule is CCOc1ccccc1[C@H](C)N.Cl. The molecular weight excluding hydrogens is 186 g/mol. The molecule has 0 amide bonds. The number of benzene rings is 1. The van der Waals surface area contributed by atoms with E-state index in [1.807, 2.05) is 38.1 Å². The van der Waals surface area contributed by atoms with Gasteiger partial charge in [-0.05, 0) is 19.9 Å². The van der Waals surface area contributed by atoms with E-state index in [9.17, 15) is 0 Å². The summed E-state index contributed by atoms with van der Waals surface area (Å²) in [6.07, 6.45) is 0. The Hall–Kier alpha value is -0.730. The largest absolute Gasteiger partial charge is 0.494 e. The van der Waals surface area contributed by atoms with Crippen molar-refractivity contribution in [1.82, 2.24) is 0 Å². The zero-order valence-corrected chi connectivity index (χ0v) is 8.80. The summed E-state index contributed by atoms with van der Waals surface area (Å²) < 4.78 is 5.42. The van der Waals surface area contributed by atoms with E-state index in [0.717, 1.165) is 11.3 Å². The van der Waals surface area contributed by atoms with Crippen LogP contribution in [0.15, 0.2) is 24.3 Å². The third-order valence-corrected chi connectivity index (χ3v) is 1.71. The van der Waals surface area contributed by atoms with Gasteiger partial charge in [-0.2, -0.15) is 0 Å². The van der Waals surface area contributed by atoms with Crippen molar-refractivity contribution in [3.8, 4) is 5.75 Å². The molecule has 0 saturated heterocycles. The Morgan fingerprint density at radius 3 is 2.54 bits per heavy atom. The van der Waals surface area contributed by atoms with Crippen LogP contribution in [-0.2, 0) is 0 Å². The van der Waals surface area contributed by atoms with E-state index in [1.165, 1.54) is 0 Å². The molecule has 0 fully saturated rings. The Morgan fingerprint density at radius 2 is 2.00 bits per heavy atom. The van der Waals surface area contributed by atoms with Gasteiger partial charge >= 0.3 is 0 Å². The van der Waals surface area contributed by atoms with Crippen LogP contribution >= 0.6 is 12.4 Å². The second-order valence-corrected chi connectivity index (χ2v) is 2.76. The van der Waals surface area contributed by atoms with E-state index in [2.05, 4.69) is 0 Å². The fourth-order valence-corrected chi connectivity index (χ4v) is 1.14. The van der Waals surface area contributed by atoms with E-state index in [0.29, 0.717) is 6.61 Å². The number of halogens is 1. The molecule has 1 aromatic rings. The summed E-state index contributed by atoms with van der Waals surface area (Å²) in [7, 11) is 0. The highest BCUT2D eigenvalue weighted by molar-refractivity contribution is 5.85. The van der Waals surface area contributed by atoms with Crippen molar-refractivity contribution < 1.29 is 4.74 Å². The molecule has 0 saturated carbocycles. The first-order valence-electron chi connectivity index (χ1n) is 4.23. The van der Waals surface area contributed by atoms with Gasteiger partial charge in [0.15, 0.2) is 0 Å². The molecule has 3 heteroatoms. The van der Waals surface area contributed by atoms with Crippen LogP contribution in [0.1, 0.15) is 25.5 Å². The molecule has 0 spiro atoms. The summed E-state index contributed by atoms with van der Waals surface area (Å²) in [5.74, 6) is 0.898. The lowest BCUT2D eigenvalue weighted by atomic mass is 10.1. The van der Waals surface area contributed by atoms with Crippen molar-refractivity contribution in [2.75, 3.05) is 6.61 Å². The van der Waals surface area contributed by atoms with Crippen LogP contribution in [0.3, 0.4) is 0 Å². The lowest BCUT2D eigenvalue weighted by molar-refractivity contribution is 0.335. The van der Waals surface area contributed by atoms with Gasteiger partial charge in [-0.3, -0.25) is 0 Å². The predicted octanol–water partition coefficient (Wildman–Crippen LogP) is 2.53. The standard InChI is InChI=1S/C10H15NO.ClH/c1-3-12-10-7-5-4-6-9(10)8(2)11;/h4-8H,3,11H2,1-2H3;1H/t8-;/m0./s1. The molecule has 74 valence electrons.